The van der Waals surface area contributed by atoms with E-state index in [-0.39, 0.29) is 18.5 Å². The third-order valence-electron chi connectivity index (χ3n) is 4.12. The molecule has 0 radical (unpaired) electrons. The molecule has 1 saturated heterocycles. The number of carbonyl (C=O) groups is 1. The lowest BCUT2D eigenvalue weighted by Gasteiger charge is -2.25. The van der Waals surface area contributed by atoms with E-state index in [0.29, 0.717) is 11.1 Å². The molecule has 0 spiro atoms. The lowest BCUT2D eigenvalue weighted by Crippen LogP contribution is -2.32. The first-order chi connectivity index (χ1) is 11.5. The van der Waals surface area contributed by atoms with Gasteiger partial charge in [-0.05, 0) is 48.9 Å². The molecule has 3 rings (SSSR count). The number of hydrogen-bond donors (Lipinski definition) is 1. The predicted octanol–water partition coefficient (Wildman–Crippen LogP) is 2.78. The van der Waals surface area contributed by atoms with Crippen LogP contribution in [0.5, 0.6) is 0 Å². The summed E-state index contributed by atoms with van der Waals surface area (Å²) in [6.07, 6.45) is -0.664. The summed E-state index contributed by atoms with van der Waals surface area (Å²) in [6, 6.07) is 10.3. The van der Waals surface area contributed by atoms with Crippen LogP contribution in [0.15, 0.2) is 42.5 Å². The molecule has 2 unspecified atom stereocenters. The van der Waals surface area contributed by atoms with Crippen molar-refractivity contribution in [3.05, 3.63) is 70.8 Å². The fourth-order valence-corrected chi connectivity index (χ4v) is 2.96. The number of aliphatic hydroxyl groups is 1. The minimum absolute atomic E-state index is 0.0411. The van der Waals surface area contributed by atoms with Crippen LogP contribution in [0.1, 0.15) is 33.9 Å². The number of benzene rings is 2. The van der Waals surface area contributed by atoms with E-state index >= 15 is 0 Å². The molecule has 0 bridgehead atoms. The number of nitriles is 1. The van der Waals surface area contributed by atoms with E-state index in [9.17, 15) is 18.7 Å². The summed E-state index contributed by atoms with van der Waals surface area (Å²) < 4.78 is 27.5. The summed E-state index contributed by atoms with van der Waals surface area (Å²) in [4.78, 5) is 14.0. The average Bonchev–Trinajstić information content (AvgIpc) is 2.98. The largest absolute Gasteiger partial charge is 0.391 e. The van der Waals surface area contributed by atoms with Crippen LogP contribution in [0.2, 0.25) is 0 Å². The fraction of sp³-hybridized carbons (Fsp3) is 0.222. The Morgan fingerprint density at radius 3 is 2.58 bits per heavy atom. The van der Waals surface area contributed by atoms with E-state index < -0.39 is 29.7 Å². The molecule has 4 nitrogen and oxygen atoms in total. The van der Waals surface area contributed by atoms with Gasteiger partial charge in [0.15, 0.2) is 0 Å². The molecule has 122 valence electrons. The van der Waals surface area contributed by atoms with Crippen LogP contribution in [-0.2, 0) is 0 Å². The summed E-state index contributed by atoms with van der Waals surface area (Å²) in [7, 11) is 0. The SMILES string of the molecule is N#Cc1ccc(C(=O)N2CC(O)CC2c2cc(F)ccc2F)cc1. The van der Waals surface area contributed by atoms with Crippen molar-refractivity contribution in [2.45, 2.75) is 18.6 Å². The molecular formula is C18H14F2N2O2. The van der Waals surface area contributed by atoms with Crippen molar-refractivity contribution in [1.82, 2.24) is 4.90 Å². The van der Waals surface area contributed by atoms with Gasteiger partial charge in [0.25, 0.3) is 5.91 Å². The van der Waals surface area contributed by atoms with Crippen LogP contribution < -0.4 is 0 Å². The van der Waals surface area contributed by atoms with E-state index in [2.05, 4.69) is 0 Å². The molecule has 1 fully saturated rings. The van der Waals surface area contributed by atoms with Crippen molar-refractivity contribution in [3.63, 3.8) is 0 Å². The van der Waals surface area contributed by atoms with Crippen LogP contribution in [0.3, 0.4) is 0 Å². The Kier molecular flexibility index (Phi) is 4.28. The van der Waals surface area contributed by atoms with Gasteiger partial charge in [-0.25, -0.2) is 8.78 Å². The number of likely N-dealkylation sites (tertiary alicyclic amines) is 1. The highest BCUT2D eigenvalue weighted by Crippen LogP contribution is 2.35. The van der Waals surface area contributed by atoms with Gasteiger partial charge in [-0.1, -0.05) is 0 Å². The van der Waals surface area contributed by atoms with E-state index in [4.69, 9.17) is 5.26 Å². The molecule has 0 saturated carbocycles. The minimum Gasteiger partial charge on any atom is -0.391 e. The van der Waals surface area contributed by atoms with Crippen molar-refractivity contribution in [2.24, 2.45) is 0 Å². The highest BCUT2D eigenvalue weighted by atomic mass is 19.1. The molecule has 2 atom stereocenters. The van der Waals surface area contributed by atoms with Gasteiger partial charge in [-0.2, -0.15) is 5.26 Å². The van der Waals surface area contributed by atoms with Crippen LogP contribution >= 0.6 is 0 Å². The maximum Gasteiger partial charge on any atom is 0.254 e. The van der Waals surface area contributed by atoms with Gasteiger partial charge in [-0.3, -0.25) is 4.79 Å². The first kappa shape index (κ1) is 16.1. The summed E-state index contributed by atoms with van der Waals surface area (Å²) >= 11 is 0. The van der Waals surface area contributed by atoms with Crippen molar-refractivity contribution in [2.75, 3.05) is 6.54 Å². The Morgan fingerprint density at radius 1 is 1.21 bits per heavy atom. The lowest BCUT2D eigenvalue weighted by molar-refractivity contribution is 0.0713. The lowest BCUT2D eigenvalue weighted by atomic mass is 10.0. The van der Waals surface area contributed by atoms with Crippen molar-refractivity contribution < 1.29 is 18.7 Å². The standard InChI is InChI=1S/C18H14F2N2O2/c19-13-5-6-16(20)15(7-13)17-8-14(23)10-22(17)18(24)12-3-1-11(9-21)2-4-12/h1-7,14,17,23H,8,10H2. The summed E-state index contributed by atoms with van der Waals surface area (Å²) in [5.74, 6) is -1.61. The van der Waals surface area contributed by atoms with Gasteiger partial charge in [-0.15, -0.1) is 0 Å². The van der Waals surface area contributed by atoms with Crippen molar-refractivity contribution in [3.8, 4) is 6.07 Å². The van der Waals surface area contributed by atoms with Gasteiger partial charge in [0.1, 0.15) is 11.6 Å². The van der Waals surface area contributed by atoms with Gasteiger partial charge >= 0.3 is 0 Å². The number of nitrogens with zero attached hydrogens (tertiary/aromatic N) is 2. The molecule has 1 aliphatic heterocycles. The maximum atomic E-state index is 14.1. The topological polar surface area (TPSA) is 64.3 Å². The Balaban J connectivity index is 1.94. The number of β-amino-alcohol motifs (C(OH)–C–C–N with tert-alkyl or cyclic N) is 1. The second-order valence-corrected chi connectivity index (χ2v) is 5.72. The Labute approximate surface area is 137 Å². The summed E-state index contributed by atoms with van der Waals surface area (Å²) in [6.45, 7) is 0.0411. The zero-order valence-corrected chi connectivity index (χ0v) is 12.6. The Morgan fingerprint density at radius 2 is 1.92 bits per heavy atom. The van der Waals surface area contributed by atoms with Gasteiger partial charge < -0.3 is 10.0 Å². The monoisotopic (exact) mass is 328 g/mol. The molecule has 0 aromatic heterocycles. The number of carbonyl (C=O) groups excluding carboxylic acids is 1. The first-order valence-electron chi connectivity index (χ1n) is 7.43. The van der Waals surface area contributed by atoms with Gasteiger partial charge in [0.05, 0.1) is 23.8 Å². The quantitative estimate of drug-likeness (QED) is 0.922. The molecule has 1 amide bonds. The van der Waals surface area contributed by atoms with Crippen LogP contribution in [-0.4, -0.2) is 28.6 Å². The second-order valence-electron chi connectivity index (χ2n) is 5.72. The molecule has 0 aliphatic carbocycles. The van der Waals surface area contributed by atoms with E-state index in [0.717, 1.165) is 18.2 Å². The fourth-order valence-electron chi connectivity index (χ4n) is 2.96. The van der Waals surface area contributed by atoms with Crippen LogP contribution in [0.4, 0.5) is 8.78 Å². The van der Waals surface area contributed by atoms with E-state index in [1.807, 2.05) is 6.07 Å². The van der Waals surface area contributed by atoms with Crippen LogP contribution in [0, 0.1) is 23.0 Å². The molecular weight excluding hydrogens is 314 g/mol. The number of rotatable bonds is 2. The molecule has 24 heavy (non-hydrogen) atoms. The third-order valence-corrected chi connectivity index (χ3v) is 4.12. The van der Waals surface area contributed by atoms with Crippen molar-refractivity contribution >= 4 is 5.91 Å². The molecule has 6 heteroatoms. The maximum absolute atomic E-state index is 14.1. The van der Waals surface area contributed by atoms with Gasteiger partial charge in [0, 0.05) is 17.7 Å². The zero-order chi connectivity index (χ0) is 17.3. The predicted molar refractivity (Wildman–Crippen MR) is 81.9 cm³/mol. The highest BCUT2D eigenvalue weighted by molar-refractivity contribution is 5.94. The molecule has 2 aromatic carbocycles. The average molecular weight is 328 g/mol. The highest BCUT2D eigenvalue weighted by Gasteiger charge is 2.37. The third kappa shape index (κ3) is 2.99. The number of aliphatic hydroxyl groups excluding tert-OH is 1. The normalized spacial score (nSPS) is 20.0. The second kappa shape index (κ2) is 6.38. The van der Waals surface area contributed by atoms with E-state index in [1.54, 1.807) is 0 Å². The van der Waals surface area contributed by atoms with Crippen LogP contribution in [0.25, 0.3) is 0 Å². The van der Waals surface area contributed by atoms with Crippen molar-refractivity contribution in [1.29, 1.82) is 5.26 Å². The zero-order valence-electron chi connectivity index (χ0n) is 12.6. The Bertz CT molecular complexity index is 815. The molecule has 1 heterocycles. The smallest absolute Gasteiger partial charge is 0.254 e. The number of halogens is 2. The summed E-state index contributed by atoms with van der Waals surface area (Å²) in [5, 5.41) is 18.7. The summed E-state index contributed by atoms with van der Waals surface area (Å²) in [5.41, 5.74) is 0.791. The number of amides is 1. The first-order valence-corrected chi connectivity index (χ1v) is 7.43. The molecule has 1 aliphatic rings. The molecule has 1 N–H and O–H groups in total. The van der Waals surface area contributed by atoms with E-state index in [1.165, 1.54) is 29.2 Å². The Hall–Kier alpha value is -2.78. The molecule has 2 aromatic rings. The number of hydrogen-bond acceptors (Lipinski definition) is 3. The minimum atomic E-state index is -0.806. The van der Waals surface area contributed by atoms with Gasteiger partial charge in [0.2, 0.25) is 0 Å².